The van der Waals surface area contributed by atoms with Crippen molar-refractivity contribution in [2.24, 2.45) is 0 Å². The van der Waals surface area contributed by atoms with Gasteiger partial charge in [0.15, 0.2) is 0 Å². The molecular weight excluding hydrogens is 248 g/mol. The molecule has 0 spiro atoms. The summed E-state index contributed by atoms with van der Waals surface area (Å²) in [4.78, 5) is 4.88. The van der Waals surface area contributed by atoms with Gasteiger partial charge in [0.1, 0.15) is 5.75 Å². The maximum absolute atomic E-state index is 9.29. The van der Waals surface area contributed by atoms with E-state index in [0.717, 1.165) is 24.9 Å². The van der Waals surface area contributed by atoms with Gasteiger partial charge in [-0.15, -0.1) is 0 Å². The van der Waals surface area contributed by atoms with Crippen LogP contribution in [0.25, 0.3) is 0 Å². The maximum atomic E-state index is 9.29. The molecule has 18 heavy (non-hydrogen) atoms. The summed E-state index contributed by atoms with van der Waals surface area (Å²) in [6, 6.07) is 5.24. The van der Waals surface area contributed by atoms with Crippen LogP contribution in [0.3, 0.4) is 0 Å². The molecular formula is C14H21ClN2O. The lowest BCUT2D eigenvalue weighted by Gasteiger charge is -2.32. The van der Waals surface area contributed by atoms with Crippen LogP contribution in [0.2, 0.25) is 5.02 Å². The predicted molar refractivity (Wildman–Crippen MR) is 75.4 cm³/mol. The van der Waals surface area contributed by atoms with Crippen molar-refractivity contribution in [3.8, 4) is 5.75 Å². The van der Waals surface area contributed by atoms with E-state index in [1.807, 2.05) is 6.07 Å². The highest BCUT2D eigenvalue weighted by atomic mass is 35.5. The number of rotatable bonds is 4. The number of phenols is 1. The third-order valence-electron chi connectivity index (χ3n) is 3.55. The summed E-state index contributed by atoms with van der Waals surface area (Å²) in [6.07, 6.45) is 2.10. The van der Waals surface area contributed by atoms with Crippen molar-refractivity contribution >= 4 is 11.6 Å². The fourth-order valence-electron chi connectivity index (χ4n) is 2.30. The molecule has 1 aromatic carbocycles. The third kappa shape index (κ3) is 3.87. The van der Waals surface area contributed by atoms with Gasteiger partial charge in [0.2, 0.25) is 0 Å². The highest BCUT2D eigenvalue weighted by Crippen LogP contribution is 2.22. The number of nitrogens with zero attached hydrogens (tertiary/aromatic N) is 2. The molecule has 2 rings (SSSR count). The summed E-state index contributed by atoms with van der Waals surface area (Å²) in [5, 5.41) is 9.97. The van der Waals surface area contributed by atoms with E-state index >= 15 is 0 Å². The second-order valence-electron chi connectivity index (χ2n) is 5.02. The fourth-order valence-corrected chi connectivity index (χ4v) is 2.57. The summed E-state index contributed by atoms with van der Waals surface area (Å²) < 4.78 is 0. The first kappa shape index (κ1) is 13.7. The Bertz CT molecular complexity index is 389. The molecule has 0 unspecified atom stereocenters. The Morgan fingerprint density at radius 2 is 1.94 bits per heavy atom. The van der Waals surface area contributed by atoms with E-state index in [1.165, 1.54) is 26.2 Å². The van der Waals surface area contributed by atoms with Crippen LogP contribution >= 0.6 is 11.6 Å². The van der Waals surface area contributed by atoms with Crippen molar-refractivity contribution in [1.82, 2.24) is 9.80 Å². The lowest BCUT2D eigenvalue weighted by Crippen LogP contribution is -2.44. The quantitative estimate of drug-likeness (QED) is 0.907. The van der Waals surface area contributed by atoms with Crippen molar-refractivity contribution in [3.63, 3.8) is 0 Å². The lowest BCUT2D eigenvalue weighted by atomic mass is 10.1. The highest BCUT2D eigenvalue weighted by molar-refractivity contribution is 6.31. The van der Waals surface area contributed by atoms with Crippen LogP contribution in [-0.2, 0) is 6.42 Å². The topological polar surface area (TPSA) is 26.7 Å². The molecule has 0 saturated carbocycles. The molecule has 1 fully saturated rings. The van der Waals surface area contributed by atoms with Gasteiger partial charge in [-0.05, 0) is 44.1 Å². The standard InChI is InChI=1S/C14H21ClN2O/c1-16-7-9-17(10-8-16)6-2-3-12-4-5-13(18)11-14(12)15/h4-5,11,18H,2-3,6-10H2,1H3. The molecule has 1 heterocycles. The van der Waals surface area contributed by atoms with Crippen LogP contribution in [0.5, 0.6) is 5.75 Å². The van der Waals surface area contributed by atoms with E-state index in [9.17, 15) is 5.11 Å². The van der Waals surface area contributed by atoms with Crippen LogP contribution in [-0.4, -0.2) is 54.7 Å². The molecule has 1 aliphatic rings. The zero-order valence-corrected chi connectivity index (χ0v) is 11.7. The SMILES string of the molecule is CN1CCN(CCCc2ccc(O)cc2Cl)CC1. The predicted octanol–water partition coefficient (Wildman–Crippen LogP) is 2.23. The minimum Gasteiger partial charge on any atom is -0.508 e. The molecule has 1 N–H and O–H groups in total. The summed E-state index contributed by atoms with van der Waals surface area (Å²) in [5.74, 6) is 0.239. The van der Waals surface area contributed by atoms with E-state index in [2.05, 4.69) is 16.8 Å². The zero-order valence-electron chi connectivity index (χ0n) is 10.9. The van der Waals surface area contributed by atoms with Crippen LogP contribution in [0, 0.1) is 0 Å². The Labute approximate surface area is 114 Å². The van der Waals surface area contributed by atoms with Crippen LogP contribution in [0.1, 0.15) is 12.0 Å². The summed E-state index contributed by atoms with van der Waals surface area (Å²) in [6.45, 7) is 5.80. The zero-order chi connectivity index (χ0) is 13.0. The van der Waals surface area contributed by atoms with Crippen molar-refractivity contribution in [2.75, 3.05) is 39.8 Å². The van der Waals surface area contributed by atoms with E-state index in [0.29, 0.717) is 5.02 Å². The first-order valence-corrected chi connectivity index (χ1v) is 6.91. The van der Waals surface area contributed by atoms with Crippen LogP contribution in [0.4, 0.5) is 0 Å². The largest absolute Gasteiger partial charge is 0.508 e. The minimum atomic E-state index is 0.239. The summed E-state index contributed by atoms with van der Waals surface area (Å²) in [5.41, 5.74) is 1.13. The second kappa shape index (κ2) is 6.41. The van der Waals surface area contributed by atoms with Gasteiger partial charge in [0, 0.05) is 31.2 Å². The van der Waals surface area contributed by atoms with Gasteiger partial charge in [-0.1, -0.05) is 17.7 Å². The summed E-state index contributed by atoms with van der Waals surface area (Å²) >= 11 is 6.09. The van der Waals surface area contributed by atoms with Crippen molar-refractivity contribution in [3.05, 3.63) is 28.8 Å². The molecule has 0 atom stereocenters. The maximum Gasteiger partial charge on any atom is 0.117 e. The third-order valence-corrected chi connectivity index (χ3v) is 3.90. The molecule has 0 aromatic heterocycles. The number of hydrogen-bond acceptors (Lipinski definition) is 3. The lowest BCUT2D eigenvalue weighted by molar-refractivity contribution is 0.153. The number of piperazine rings is 1. The monoisotopic (exact) mass is 268 g/mol. The Balaban J connectivity index is 1.75. The Morgan fingerprint density at radius 3 is 2.61 bits per heavy atom. The number of hydrogen-bond donors (Lipinski definition) is 1. The van der Waals surface area contributed by atoms with Crippen molar-refractivity contribution in [1.29, 1.82) is 0 Å². The molecule has 1 aliphatic heterocycles. The van der Waals surface area contributed by atoms with Gasteiger partial charge in [-0.25, -0.2) is 0 Å². The number of benzene rings is 1. The highest BCUT2D eigenvalue weighted by Gasteiger charge is 2.13. The fraction of sp³-hybridized carbons (Fsp3) is 0.571. The number of likely N-dealkylation sites (N-methyl/N-ethyl adjacent to an activating group) is 1. The first-order valence-electron chi connectivity index (χ1n) is 6.53. The first-order chi connectivity index (χ1) is 8.65. The Morgan fingerprint density at radius 1 is 1.22 bits per heavy atom. The molecule has 100 valence electrons. The molecule has 0 amide bonds. The molecule has 3 nitrogen and oxygen atoms in total. The van der Waals surface area contributed by atoms with E-state index in [-0.39, 0.29) is 5.75 Å². The van der Waals surface area contributed by atoms with Gasteiger partial charge in [0.25, 0.3) is 0 Å². The van der Waals surface area contributed by atoms with Crippen LogP contribution in [0.15, 0.2) is 18.2 Å². The van der Waals surface area contributed by atoms with E-state index < -0.39 is 0 Å². The average Bonchev–Trinajstić information content (AvgIpc) is 2.34. The number of aromatic hydroxyl groups is 1. The molecule has 0 radical (unpaired) electrons. The average molecular weight is 269 g/mol. The Kier molecular flexibility index (Phi) is 4.87. The normalized spacial score (nSPS) is 18.1. The summed E-state index contributed by atoms with van der Waals surface area (Å²) in [7, 11) is 2.17. The molecule has 0 bridgehead atoms. The van der Waals surface area contributed by atoms with Gasteiger partial charge >= 0.3 is 0 Å². The van der Waals surface area contributed by atoms with Crippen molar-refractivity contribution < 1.29 is 5.11 Å². The van der Waals surface area contributed by atoms with Gasteiger partial charge < -0.3 is 14.9 Å². The molecule has 0 aliphatic carbocycles. The van der Waals surface area contributed by atoms with Crippen LogP contribution < -0.4 is 0 Å². The molecule has 4 heteroatoms. The van der Waals surface area contributed by atoms with Gasteiger partial charge in [-0.2, -0.15) is 0 Å². The van der Waals surface area contributed by atoms with Gasteiger partial charge in [-0.3, -0.25) is 0 Å². The molecule has 1 aromatic rings. The van der Waals surface area contributed by atoms with E-state index in [1.54, 1.807) is 12.1 Å². The minimum absolute atomic E-state index is 0.239. The second-order valence-corrected chi connectivity index (χ2v) is 5.43. The number of phenolic OH excluding ortho intramolecular Hbond substituents is 1. The van der Waals surface area contributed by atoms with E-state index in [4.69, 9.17) is 11.6 Å². The molecule has 1 saturated heterocycles. The van der Waals surface area contributed by atoms with Crippen molar-refractivity contribution in [2.45, 2.75) is 12.8 Å². The number of aryl methyl sites for hydroxylation is 1. The van der Waals surface area contributed by atoms with Gasteiger partial charge in [0.05, 0.1) is 0 Å². The number of halogens is 1. The smallest absolute Gasteiger partial charge is 0.117 e. The Hall–Kier alpha value is -0.770.